The first-order valence-corrected chi connectivity index (χ1v) is 10.2. The molecule has 132 valence electrons. The summed E-state index contributed by atoms with van der Waals surface area (Å²) < 4.78 is 29.0. The van der Waals surface area contributed by atoms with Crippen LogP contribution < -0.4 is 5.32 Å². The molecule has 1 amide bonds. The molecule has 9 heteroatoms. The first-order valence-electron chi connectivity index (χ1n) is 6.89. The van der Waals surface area contributed by atoms with Gasteiger partial charge in [-0.25, -0.2) is 13.2 Å². The molecule has 0 bridgehead atoms. The van der Waals surface area contributed by atoms with Crippen molar-refractivity contribution < 1.29 is 22.7 Å². The minimum Gasteiger partial charge on any atom is -0.452 e. The van der Waals surface area contributed by atoms with Crippen molar-refractivity contribution >= 4 is 61.6 Å². The van der Waals surface area contributed by atoms with Gasteiger partial charge in [-0.2, -0.15) is 0 Å². The average molecular weight is 494 g/mol. The average Bonchev–Trinajstić information content (AvgIpc) is 2.54. The zero-order chi connectivity index (χ0) is 18.6. The van der Waals surface area contributed by atoms with E-state index in [4.69, 9.17) is 16.3 Å². The van der Waals surface area contributed by atoms with Crippen LogP contribution in [0.3, 0.4) is 0 Å². The van der Waals surface area contributed by atoms with Gasteiger partial charge >= 0.3 is 5.97 Å². The van der Waals surface area contributed by atoms with Crippen LogP contribution in [0.2, 0.25) is 5.02 Å². The first kappa shape index (κ1) is 19.7. The normalized spacial score (nSPS) is 11.0. The highest BCUT2D eigenvalue weighted by atomic mass is 127. The number of anilines is 1. The van der Waals surface area contributed by atoms with Crippen molar-refractivity contribution in [3.63, 3.8) is 0 Å². The minimum absolute atomic E-state index is 0.0374. The van der Waals surface area contributed by atoms with Crippen molar-refractivity contribution in [2.45, 2.75) is 4.90 Å². The topological polar surface area (TPSA) is 89.5 Å². The largest absolute Gasteiger partial charge is 0.452 e. The Labute approximate surface area is 163 Å². The lowest BCUT2D eigenvalue weighted by molar-refractivity contribution is -0.119. The van der Waals surface area contributed by atoms with Gasteiger partial charge in [-0.1, -0.05) is 11.6 Å². The maximum absolute atomic E-state index is 12.1. The molecule has 0 aliphatic heterocycles. The van der Waals surface area contributed by atoms with Gasteiger partial charge in [0, 0.05) is 15.5 Å². The summed E-state index contributed by atoms with van der Waals surface area (Å²) in [6.45, 7) is -0.524. The molecule has 2 aromatic rings. The maximum atomic E-state index is 12.1. The third-order valence-electron chi connectivity index (χ3n) is 3.05. The van der Waals surface area contributed by atoms with E-state index in [0.717, 1.165) is 15.9 Å². The molecule has 1 N–H and O–H groups in total. The van der Waals surface area contributed by atoms with E-state index in [0.29, 0.717) is 5.69 Å². The van der Waals surface area contributed by atoms with Gasteiger partial charge in [0.1, 0.15) is 0 Å². The summed E-state index contributed by atoms with van der Waals surface area (Å²) in [5, 5.41) is 2.62. The summed E-state index contributed by atoms with van der Waals surface area (Å²) in [5.74, 6) is -1.40. The second-order valence-electron chi connectivity index (χ2n) is 5.05. The van der Waals surface area contributed by atoms with Crippen LogP contribution in [0.15, 0.2) is 47.4 Å². The van der Waals surface area contributed by atoms with Gasteiger partial charge < -0.3 is 10.1 Å². The number of esters is 1. The standard InChI is InChI=1S/C16H13ClINO5S/c1-25(22,23)12-6-7-14(17)13(8-12)16(21)24-9-15(20)19-11-4-2-10(18)3-5-11/h2-8H,9H2,1H3,(H,19,20). The molecule has 0 heterocycles. The molecule has 2 rings (SSSR count). The lowest BCUT2D eigenvalue weighted by atomic mass is 10.2. The number of hydrogen-bond donors (Lipinski definition) is 1. The Kier molecular flexibility index (Phi) is 6.42. The smallest absolute Gasteiger partial charge is 0.340 e. The highest BCUT2D eigenvalue weighted by molar-refractivity contribution is 14.1. The Morgan fingerprint density at radius 3 is 2.40 bits per heavy atom. The minimum atomic E-state index is -3.50. The molecular weight excluding hydrogens is 481 g/mol. The van der Waals surface area contributed by atoms with E-state index in [9.17, 15) is 18.0 Å². The zero-order valence-electron chi connectivity index (χ0n) is 13.0. The Morgan fingerprint density at radius 1 is 1.16 bits per heavy atom. The number of carbonyl (C=O) groups excluding carboxylic acids is 2. The molecule has 0 unspecified atom stereocenters. The monoisotopic (exact) mass is 493 g/mol. The van der Waals surface area contributed by atoms with Gasteiger partial charge in [-0.3, -0.25) is 4.79 Å². The predicted molar refractivity (Wildman–Crippen MR) is 103 cm³/mol. The van der Waals surface area contributed by atoms with Crippen molar-refractivity contribution in [2.24, 2.45) is 0 Å². The van der Waals surface area contributed by atoms with Gasteiger partial charge in [0.2, 0.25) is 0 Å². The zero-order valence-corrected chi connectivity index (χ0v) is 16.7. The second kappa shape index (κ2) is 8.15. The van der Waals surface area contributed by atoms with Crippen LogP contribution >= 0.6 is 34.2 Å². The number of nitrogens with one attached hydrogen (secondary N) is 1. The van der Waals surface area contributed by atoms with Crippen molar-refractivity contribution in [3.05, 3.63) is 56.6 Å². The number of sulfone groups is 1. The molecule has 0 fully saturated rings. The van der Waals surface area contributed by atoms with Crippen LogP contribution in [0.5, 0.6) is 0 Å². The number of hydrogen-bond acceptors (Lipinski definition) is 5. The molecule has 0 spiro atoms. The summed E-state index contributed by atoms with van der Waals surface area (Å²) in [6, 6.07) is 10.8. The van der Waals surface area contributed by atoms with Crippen LogP contribution in [0.4, 0.5) is 5.69 Å². The second-order valence-corrected chi connectivity index (χ2v) is 8.71. The molecule has 0 aromatic heterocycles. The molecule has 0 saturated heterocycles. The third kappa shape index (κ3) is 5.68. The van der Waals surface area contributed by atoms with Crippen molar-refractivity contribution in [2.75, 3.05) is 18.2 Å². The lowest BCUT2D eigenvalue weighted by Gasteiger charge is -2.08. The van der Waals surface area contributed by atoms with Gasteiger partial charge in [0.15, 0.2) is 16.4 Å². The maximum Gasteiger partial charge on any atom is 0.340 e. The summed E-state index contributed by atoms with van der Waals surface area (Å²) in [5.41, 5.74) is 0.449. The summed E-state index contributed by atoms with van der Waals surface area (Å²) in [6.07, 6.45) is 1.01. The molecule has 2 aromatic carbocycles. The van der Waals surface area contributed by atoms with E-state index in [1.165, 1.54) is 12.1 Å². The van der Waals surface area contributed by atoms with E-state index in [1.54, 1.807) is 12.1 Å². The molecule has 0 saturated carbocycles. The summed E-state index contributed by atoms with van der Waals surface area (Å²) in [4.78, 5) is 23.8. The quantitative estimate of drug-likeness (QED) is 0.511. The van der Waals surface area contributed by atoms with Crippen LogP contribution in [0.1, 0.15) is 10.4 Å². The molecule has 6 nitrogen and oxygen atoms in total. The highest BCUT2D eigenvalue weighted by Crippen LogP contribution is 2.21. The van der Waals surface area contributed by atoms with Crippen LogP contribution in [-0.4, -0.2) is 33.2 Å². The number of benzene rings is 2. The number of rotatable bonds is 5. The fourth-order valence-corrected chi connectivity index (χ4v) is 3.03. The summed E-state index contributed by atoms with van der Waals surface area (Å²) in [7, 11) is -3.50. The number of ether oxygens (including phenoxy) is 1. The Morgan fingerprint density at radius 2 is 1.80 bits per heavy atom. The first-order chi connectivity index (χ1) is 11.7. The predicted octanol–water partition coefficient (Wildman–Crippen LogP) is 3.14. The van der Waals surface area contributed by atoms with Crippen LogP contribution in [-0.2, 0) is 19.4 Å². The third-order valence-corrected chi connectivity index (χ3v) is 5.21. The molecule has 0 aliphatic rings. The van der Waals surface area contributed by atoms with Crippen molar-refractivity contribution in [1.29, 1.82) is 0 Å². The van der Waals surface area contributed by atoms with E-state index in [2.05, 4.69) is 27.9 Å². The molecular formula is C16H13ClINO5S. The van der Waals surface area contributed by atoms with Gasteiger partial charge in [-0.05, 0) is 65.1 Å². The summed E-state index contributed by atoms with van der Waals surface area (Å²) >= 11 is 8.04. The molecule has 0 aliphatic carbocycles. The number of amides is 1. The van der Waals surface area contributed by atoms with E-state index in [1.807, 2.05) is 12.1 Å². The molecule has 0 radical (unpaired) electrons. The molecule has 25 heavy (non-hydrogen) atoms. The number of halogens is 2. The number of carbonyl (C=O) groups is 2. The van der Waals surface area contributed by atoms with Crippen LogP contribution in [0, 0.1) is 3.57 Å². The SMILES string of the molecule is CS(=O)(=O)c1ccc(Cl)c(C(=O)OCC(=O)Nc2ccc(I)cc2)c1. The lowest BCUT2D eigenvalue weighted by Crippen LogP contribution is -2.21. The highest BCUT2D eigenvalue weighted by Gasteiger charge is 2.17. The molecule has 0 atom stereocenters. The fourth-order valence-electron chi connectivity index (χ4n) is 1.83. The van der Waals surface area contributed by atoms with Crippen molar-refractivity contribution in [3.8, 4) is 0 Å². The fraction of sp³-hybridized carbons (Fsp3) is 0.125. The Bertz CT molecular complexity index is 913. The Balaban J connectivity index is 2.02. The van der Waals surface area contributed by atoms with E-state index < -0.39 is 28.3 Å². The van der Waals surface area contributed by atoms with Crippen molar-refractivity contribution in [1.82, 2.24) is 0 Å². The van der Waals surface area contributed by atoms with Gasteiger partial charge in [0.05, 0.1) is 15.5 Å². The van der Waals surface area contributed by atoms with Gasteiger partial charge in [0.25, 0.3) is 5.91 Å². The van der Waals surface area contributed by atoms with Gasteiger partial charge in [-0.15, -0.1) is 0 Å². The Hall–Kier alpha value is -1.65. The van der Waals surface area contributed by atoms with E-state index in [-0.39, 0.29) is 15.5 Å². The van der Waals surface area contributed by atoms with E-state index >= 15 is 0 Å². The van der Waals surface area contributed by atoms with Crippen LogP contribution in [0.25, 0.3) is 0 Å².